The molecule has 1 aromatic heterocycles. The summed E-state index contributed by atoms with van der Waals surface area (Å²) in [6, 6.07) is 4.84. The molecule has 0 saturated carbocycles. The van der Waals surface area contributed by atoms with Crippen LogP contribution < -0.4 is 10.6 Å². The molecule has 122 valence electrons. The molecule has 6 nitrogen and oxygen atoms in total. The van der Waals surface area contributed by atoms with E-state index in [9.17, 15) is 4.79 Å². The van der Waals surface area contributed by atoms with Crippen LogP contribution in [0.2, 0.25) is 10.0 Å². The molecule has 2 aromatic rings. The number of carbonyl (C=O) groups is 1. The van der Waals surface area contributed by atoms with Crippen LogP contribution >= 0.6 is 23.2 Å². The summed E-state index contributed by atoms with van der Waals surface area (Å²) in [5.41, 5.74) is 0.742. The van der Waals surface area contributed by atoms with Gasteiger partial charge in [0.05, 0.1) is 22.4 Å². The highest BCUT2D eigenvalue weighted by Crippen LogP contribution is 2.25. The van der Waals surface area contributed by atoms with Crippen molar-refractivity contribution in [1.29, 1.82) is 0 Å². The van der Waals surface area contributed by atoms with Gasteiger partial charge in [0.15, 0.2) is 0 Å². The Morgan fingerprint density at radius 2 is 2.04 bits per heavy atom. The lowest BCUT2D eigenvalue weighted by molar-refractivity contribution is 0.102. The van der Waals surface area contributed by atoms with E-state index in [-0.39, 0.29) is 11.6 Å². The molecule has 0 saturated heterocycles. The van der Waals surface area contributed by atoms with Gasteiger partial charge < -0.3 is 15.4 Å². The van der Waals surface area contributed by atoms with Crippen LogP contribution in [0.5, 0.6) is 0 Å². The maximum absolute atomic E-state index is 12.1. The molecule has 0 unspecified atom stereocenters. The fourth-order valence-electron chi connectivity index (χ4n) is 1.74. The van der Waals surface area contributed by atoms with Crippen molar-refractivity contribution < 1.29 is 9.53 Å². The first-order chi connectivity index (χ1) is 11.1. The number of benzene rings is 1. The second kappa shape index (κ2) is 8.67. The molecule has 0 aliphatic carbocycles. The van der Waals surface area contributed by atoms with Crippen molar-refractivity contribution in [3.8, 4) is 0 Å². The van der Waals surface area contributed by atoms with Crippen LogP contribution in [0.4, 0.5) is 11.5 Å². The fourth-order valence-corrected chi connectivity index (χ4v) is 2.04. The van der Waals surface area contributed by atoms with Crippen LogP contribution in [0.1, 0.15) is 16.9 Å². The van der Waals surface area contributed by atoms with E-state index >= 15 is 0 Å². The Morgan fingerprint density at radius 1 is 1.22 bits per heavy atom. The highest BCUT2D eigenvalue weighted by molar-refractivity contribution is 6.42. The minimum absolute atomic E-state index is 0.207. The number of amides is 1. The molecule has 1 amide bonds. The topological polar surface area (TPSA) is 76.1 Å². The summed E-state index contributed by atoms with van der Waals surface area (Å²) < 4.78 is 4.96. The average Bonchev–Trinajstić information content (AvgIpc) is 2.55. The van der Waals surface area contributed by atoms with Crippen molar-refractivity contribution >= 4 is 40.6 Å². The minimum atomic E-state index is -0.373. The number of nitrogens with zero attached hydrogens (tertiary/aromatic N) is 2. The van der Waals surface area contributed by atoms with Gasteiger partial charge in [-0.25, -0.2) is 9.97 Å². The first-order valence-electron chi connectivity index (χ1n) is 6.91. The summed E-state index contributed by atoms with van der Waals surface area (Å²) in [5, 5.41) is 6.57. The largest absolute Gasteiger partial charge is 0.385 e. The number of anilines is 2. The summed E-state index contributed by atoms with van der Waals surface area (Å²) in [7, 11) is 1.65. The third kappa shape index (κ3) is 5.35. The first kappa shape index (κ1) is 17.5. The predicted octanol–water partition coefficient (Wildman–Crippen LogP) is 3.48. The van der Waals surface area contributed by atoms with Gasteiger partial charge in [-0.15, -0.1) is 0 Å². The van der Waals surface area contributed by atoms with E-state index in [4.69, 9.17) is 27.9 Å². The molecule has 0 atom stereocenters. The van der Waals surface area contributed by atoms with Gasteiger partial charge in [0.1, 0.15) is 11.5 Å². The number of rotatable bonds is 7. The Bertz CT molecular complexity index is 665. The van der Waals surface area contributed by atoms with Crippen molar-refractivity contribution in [2.45, 2.75) is 6.42 Å². The number of aromatic nitrogens is 2. The summed E-state index contributed by atoms with van der Waals surface area (Å²) in [4.78, 5) is 20.3. The molecule has 23 heavy (non-hydrogen) atoms. The summed E-state index contributed by atoms with van der Waals surface area (Å²) in [6.07, 6.45) is 3.78. The van der Waals surface area contributed by atoms with Gasteiger partial charge in [-0.05, 0) is 24.6 Å². The van der Waals surface area contributed by atoms with E-state index in [1.54, 1.807) is 25.3 Å². The van der Waals surface area contributed by atoms with E-state index in [2.05, 4.69) is 20.6 Å². The monoisotopic (exact) mass is 354 g/mol. The van der Waals surface area contributed by atoms with Crippen molar-refractivity contribution in [2.75, 3.05) is 30.9 Å². The minimum Gasteiger partial charge on any atom is -0.385 e. The zero-order valence-electron chi connectivity index (χ0n) is 12.5. The van der Waals surface area contributed by atoms with Crippen LogP contribution in [0.3, 0.4) is 0 Å². The van der Waals surface area contributed by atoms with Crippen LogP contribution in [-0.2, 0) is 4.74 Å². The molecule has 8 heteroatoms. The number of ether oxygens (including phenoxy) is 1. The number of carbonyl (C=O) groups excluding carboxylic acids is 1. The third-order valence-electron chi connectivity index (χ3n) is 2.89. The van der Waals surface area contributed by atoms with Crippen molar-refractivity contribution in [3.05, 3.63) is 46.3 Å². The normalized spacial score (nSPS) is 10.4. The Kier molecular flexibility index (Phi) is 6.58. The van der Waals surface area contributed by atoms with Crippen molar-refractivity contribution in [1.82, 2.24) is 9.97 Å². The van der Waals surface area contributed by atoms with Gasteiger partial charge in [-0.3, -0.25) is 4.79 Å². The van der Waals surface area contributed by atoms with Gasteiger partial charge >= 0.3 is 0 Å². The Hall–Kier alpha value is -1.89. The van der Waals surface area contributed by atoms with Gasteiger partial charge in [-0.1, -0.05) is 23.2 Å². The highest BCUT2D eigenvalue weighted by Gasteiger charge is 2.09. The zero-order valence-corrected chi connectivity index (χ0v) is 14.0. The Labute approximate surface area is 144 Å². The molecule has 0 radical (unpaired) electrons. The molecule has 0 bridgehead atoms. The second-order valence-corrected chi connectivity index (χ2v) is 5.46. The SMILES string of the molecule is COCCCNc1cnc(C(=O)Nc2ccc(Cl)c(Cl)c2)cn1. The summed E-state index contributed by atoms with van der Waals surface area (Å²) in [6.45, 7) is 1.39. The maximum Gasteiger partial charge on any atom is 0.275 e. The molecule has 1 heterocycles. The molecule has 0 spiro atoms. The molecular formula is C15H16Cl2N4O2. The number of hydrogen-bond acceptors (Lipinski definition) is 5. The molecule has 0 aliphatic rings. The number of halogens is 2. The molecule has 1 aromatic carbocycles. The van der Waals surface area contributed by atoms with E-state index in [1.165, 1.54) is 12.4 Å². The van der Waals surface area contributed by atoms with E-state index in [1.807, 2.05) is 0 Å². The lowest BCUT2D eigenvalue weighted by Crippen LogP contribution is -2.14. The van der Waals surface area contributed by atoms with Gasteiger partial charge in [0, 0.05) is 25.9 Å². The summed E-state index contributed by atoms with van der Waals surface area (Å²) >= 11 is 11.7. The van der Waals surface area contributed by atoms with E-state index < -0.39 is 0 Å². The quantitative estimate of drug-likeness (QED) is 0.744. The van der Waals surface area contributed by atoms with Crippen LogP contribution in [0.25, 0.3) is 0 Å². The van der Waals surface area contributed by atoms with E-state index in [0.29, 0.717) is 28.2 Å². The van der Waals surface area contributed by atoms with Crippen LogP contribution in [-0.4, -0.2) is 36.1 Å². The molecule has 0 fully saturated rings. The highest BCUT2D eigenvalue weighted by atomic mass is 35.5. The average molecular weight is 355 g/mol. The van der Waals surface area contributed by atoms with Crippen molar-refractivity contribution in [3.63, 3.8) is 0 Å². The number of hydrogen-bond donors (Lipinski definition) is 2. The van der Waals surface area contributed by atoms with Crippen LogP contribution in [0.15, 0.2) is 30.6 Å². The Balaban J connectivity index is 1.93. The van der Waals surface area contributed by atoms with Gasteiger partial charge in [0.25, 0.3) is 5.91 Å². The van der Waals surface area contributed by atoms with E-state index in [0.717, 1.165) is 13.0 Å². The van der Waals surface area contributed by atoms with Gasteiger partial charge in [0.2, 0.25) is 0 Å². The van der Waals surface area contributed by atoms with Gasteiger partial charge in [-0.2, -0.15) is 0 Å². The second-order valence-electron chi connectivity index (χ2n) is 4.64. The smallest absolute Gasteiger partial charge is 0.275 e. The molecular weight excluding hydrogens is 339 g/mol. The number of methoxy groups -OCH3 is 1. The lowest BCUT2D eigenvalue weighted by atomic mass is 10.3. The standard InChI is InChI=1S/C15H16Cl2N4O2/c1-23-6-2-5-18-14-9-19-13(8-20-14)15(22)21-10-3-4-11(16)12(17)7-10/h3-4,7-9H,2,5-6H2,1H3,(H,18,20)(H,21,22). The fraction of sp³-hybridized carbons (Fsp3) is 0.267. The first-order valence-corrected chi connectivity index (χ1v) is 7.67. The summed E-state index contributed by atoms with van der Waals surface area (Å²) in [5.74, 6) is 0.231. The van der Waals surface area contributed by atoms with Crippen LogP contribution in [0, 0.1) is 0 Å². The maximum atomic E-state index is 12.1. The third-order valence-corrected chi connectivity index (χ3v) is 3.63. The number of nitrogens with one attached hydrogen (secondary N) is 2. The zero-order chi connectivity index (χ0) is 16.7. The van der Waals surface area contributed by atoms with Crippen molar-refractivity contribution in [2.24, 2.45) is 0 Å². The lowest BCUT2D eigenvalue weighted by Gasteiger charge is -2.07. The molecule has 2 rings (SSSR count). The molecule has 2 N–H and O–H groups in total. The predicted molar refractivity (Wildman–Crippen MR) is 91.4 cm³/mol. The Morgan fingerprint density at radius 3 is 2.70 bits per heavy atom. The molecule has 0 aliphatic heterocycles.